The summed E-state index contributed by atoms with van der Waals surface area (Å²) in [6.45, 7) is 7.99. The van der Waals surface area contributed by atoms with Gasteiger partial charge in [0.2, 0.25) is 0 Å². The summed E-state index contributed by atoms with van der Waals surface area (Å²) in [4.78, 5) is 25.5. The van der Waals surface area contributed by atoms with Crippen molar-refractivity contribution < 1.29 is 19.1 Å². The molecule has 0 aromatic rings. The van der Waals surface area contributed by atoms with Gasteiger partial charge in [0.25, 0.3) is 0 Å². The van der Waals surface area contributed by atoms with Gasteiger partial charge >= 0.3 is 5.97 Å². The number of carbonyl (C=O) groups is 2. The minimum Gasteiger partial charge on any atom is -0.461 e. The monoisotopic (exact) mass is 344 g/mol. The number of hydrogen-bond donors (Lipinski definition) is 0. The van der Waals surface area contributed by atoms with Gasteiger partial charge in [0.15, 0.2) is 5.78 Å². The van der Waals surface area contributed by atoms with Gasteiger partial charge in [-0.05, 0) is 70.3 Å². The van der Waals surface area contributed by atoms with Crippen molar-refractivity contribution in [1.29, 1.82) is 0 Å². The van der Waals surface area contributed by atoms with Crippen molar-refractivity contribution in [1.82, 2.24) is 0 Å². The molecule has 0 spiro atoms. The number of allylic oxidation sites excluding steroid dienone is 1. The molecule has 25 heavy (non-hydrogen) atoms. The van der Waals surface area contributed by atoms with E-state index in [1.54, 1.807) is 0 Å². The van der Waals surface area contributed by atoms with E-state index in [1.807, 2.05) is 26.8 Å². The van der Waals surface area contributed by atoms with Crippen LogP contribution in [0.5, 0.6) is 0 Å². The number of epoxide rings is 1. The van der Waals surface area contributed by atoms with Crippen molar-refractivity contribution in [3.63, 3.8) is 0 Å². The van der Waals surface area contributed by atoms with Crippen LogP contribution in [0.4, 0.5) is 0 Å². The van der Waals surface area contributed by atoms with Crippen LogP contribution < -0.4 is 0 Å². The molecule has 5 aliphatic rings. The maximum absolute atomic E-state index is 12.9. The molecular formula is C21H28O4. The van der Waals surface area contributed by atoms with Crippen LogP contribution in [0.1, 0.15) is 53.4 Å². The van der Waals surface area contributed by atoms with Gasteiger partial charge in [0, 0.05) is 11.3 Å². The Bertz CT molecular complexity index is 686. The molecule has 136 valence electrons. The Hall–Kier alpha value is -1.16. The maximum Gasteiger partial charge on any atom is 0.311 e. The average molecular weight is 344 g/mol. The van der Waals surface area contributed by atoms with E-state index in [4.69, 9.17) is 9.47 Å². The summed E-state index contributed by atoms with van der Waals surface area (Å²) in [7, 11) is 0. The van der Waals surface area contributed by atoms with E-state index in [2.05, 4.69) is 6.92 Å². The highest BCUT2D eigenvalue weighted by atomic mass is 16.6. The number of fused-ring (bicyclic) bond motifs is 10. The number of hydrogen-bond acceptors (Lipinski definition) is 4. The molecule has 4 fully saturated rings. The van der Waals surface area contributed by atoms with Crippen LogP contribution in [-0.2, 0) is 19.1 Å². The van der Waals surface area contributed by atoms with Crippen LogP contribution in [0.15, 0.2) is 11.6 Å². The minimum atomic E-state index is -0.499. The first-order chi connectivity index (χ1) is 11.7. The van der Waals surface area contributed by atoms with Gasteiger partial charge in [-0.25, -0.2) is 0 Å². The fourth-order valence-electron chi connectivity index (χ4n) is 6.51. The molecular weight excluding hydrogens is 316 g/mol. The SMILES string of the molecule is CC(C)(C)C(=O)O[C@H]1CCCC2=CC(=O)[C@@H]3[C@H]4C[C@H]([C@@H]5O[C@H]45)[C@@H]3[C@@]21C. The Morgan fingerprint density at radius 3 is 2.72 bits per heavy atom. The molecule has 0 aromatic heterocycles. The Kier molecular flexibility index (Phi) is 3.06. The molecule has 1 aliphatic heterocycles. The molecule has 1 saturated heterocycles. The third kappa shape index (κ3) is 1.98. The van der Waals surface area contributed by atoms with E-state index in [9.17, 15) is 9.59 Å². The Morgan fingerprint density at radius 1 is 1.28 bits per heavy atom. The van der Waals surface area contributed by atoms with Crippen LogP contribution in [0, 0.1) is 34.5 Å². The van der Waals surface area contributed by atoms with Crippen molar-refractivity contribution in [2.75, 3.05) is 0 Å². The molecule has 2 bridgehead atoms. The number of ether oxygens (including phenoxy) is 2. The van der Waals surface area contributed by atoms with Crippen molar-refractivity contribution >= 4 is 11.8 Å². The second-order valence-corrected chi connectivity index (χ2v) is 10.1. The van der Waals surface area contributed by atoms with E-state index in [0.717, 1.165) is 25.7 Å². The van der Waals surface area contributed by atoms with Crippen molar-refractivity contribution in [2.45, 2.75) is 71.7 Å². The van der Waals surface area contributed by atoms with E-state index >= 15 is 0 Å². The molecule has 0 N–H and O–H groups in total. The molecule has 1 heterocycles. The van der Waals surface area contributed by atoms with Crippen molar-refractivity contribution in [3.8, 4) is 0 Å². The topological polar surface area (TPSA) is 55.9 Å². The summed E-state index contributed by atoms with van der Waals surface area (Å²) in [5.41, 5.74) is 0.524. The van der Waals surface area contributed by atoms with Crippen LogP contribution in [0.3, 0.4) is 0 Å². The predicted octanol–water partition coefficient (Wildman–Crippen LogP) is 3.29. The predicted molar refractivity (Wildman–Crippen MR) is 91.6 cm³/mol. The molecule has 0 unspecified atom stereocenters. The van der Waals surface area contributed by atoms with Crippen molar-refractivity contribution in [2.24, 2.45) is 34.5 Å². The average Bonchev–Trinajstić information content (AvgIpc) is 3.13. The largest absolute Gasteiger partial charge is 0.461 e. The van der Waals surface area contributed by atoms with Crippen molar-refractivity contribution in [3.05, 3.63) is 11.6 Å². The lowest BCUT2D eigenvalue weighted by Crippen LogP contribution is -2.55. The third-order valence-corrected chi connectivity index (χ3v) is 7.73. The Morgan fingerprint density at radius 2 is 2.00 bits per heavy atom. The number of ketones is 1. The Labute approximate surface area is 149 Å². The van der Waals surface area contributed by atoms with E-state index in [0.29, 0.717) is 29.8 Å². The number of esters is 1. The van der Waals surface area contributed by atoms with Crippen LogP contribution in [0.2, 0.25) is 0 Å². The molecule has 0 aromatic carbocycles. The van der Waals surface area contributed by atoms with Crippen LogP contribution in [-0.4, -0.2) is 30.1 Å². The Balaban J connectivity index is 1.54. The first-order valence-electron chi connectivity index (χ1n) is 9.84. The zero-order valence-corrected chi connectivity index (χ0v) is 15.6. The van der Waals surface area contributed by atoms with E-state index in [-0.39, 0.29) is 29.3 Å². The first kappa shape index (κ1) is 16.0. The molecule has 4 heteroatoms. The lowest BCUT2D eigenvalue weighted by atomic mass is 9.52. The highest BCUT2D eigenvalue weighted by Gasteiger charge is 2.73. The van der Waals surface area contributed by atoms with Gasteiger partial charge in [-0.2, -0.15) is 0 Å². The smallest absolute Gasteiger partial charge is 0.311 e. The summed E-state index contributed by atoms with van der Waals surface area (Å²) in [5.74, 6) is 1.40. The summed E-state index contributed by atoms with van der Waals surface area (Å²) in [6, 6.07) is 0. The van der Waals surface area contributed by atoms with E-state index in [1.165, 1.54) is 5.57 Å². The molecule has 4 nitrogen and oxygen atoms in total. The second-order valence-electron chi connectivity index (χ2n) is 10.1. The highest BCUT2D eigenvalue weighted by Crippen LogP contribution is 2.69. The van der Waals surface area contributed by atoms with Crippen LogP contribution in [0.25, 0.3) is 0 Å². The quantitative estimate of drug-likeness (QED) is 0.541. The van der Waals surface area contributed by atoms with Gasteiger partial charge in [0.1, 0.15) is 6.10 Å². The fourth-order valence-corrected chi connectivity index (χ4v) is 6.51. The first-order valence-corrected chi connectivity index (χ1v) is 9.84. The lowest BCUT2D eigenvalue weighted by Gasteiger charge is -2.53. The van der Waals surface area contributed by atoms with Gasteiger partial charge < -0.3 is 9.47 Å². The molecule has 5 rings (SSSR count). The van der Waals surface area contributed by atoms with Crippen LogP contribution >= 0.6 is 0 Å². The van der Waals surface area contributed by atoms with Gasteiger partial charge in [-0.15, -0.1) is 0 Å². The van der Waals surface area contributed by atoms with E-state index < -0.39 is 5.41 Å². The number of rotatable bonds is 1. The highest BCUT2D eigenvalue weighted by molar-refractivity contribution is 5.95. The minimum absolute atomic E-state index is 0.0800. The zero-order chi connectivity index (χ0) is 17.7. The summed E-state index contributed by atoms with van der Waals surface area (Å²) in [6.07, 6.45) is 6.45. The summed E-state index contributed by atoms with van der Waals surface area (Å²) in [5, 5.41) is 0. The molecule has 4 aliphatic carbocycles. The third-order valence-electron chi connectivity index (χ3n) is 7.73. The van der Waals surface area contributed by atoms with Gasteiger partial charge in [-0.1, -0.05) is 12.5 Å². The fraction of sp³-hybridized carbons (Fsp3) is 0.810. The maximum atomic E-state index is 12.9. The van der Waals surface area contributed by atoms with Gasteiger partial charge in [-0.3, -0.25) is 9.59 Å². The zero-order valence-electron chi connectivity index (χ0n) is 15.6. The standard InChI is InChI=1S/C21H28O4/c1-20(2,3)19(23)24-14-7-5-6-10-8-13(22)15-11-9-12(18-17(11)25-18)16(15)21(10,14)4/h8,11-12,14-18H,5-7,9H2,1-4H3/t11-,12+,14+,15+,16+,17-,18+,21+/m1/s1. The lowest BCUT2D eigenvalue weighted by molar-refractivity contribution is -0.171. The molecule has 0 amide bonds. The molecule has 0 radical (unpaired) electrons. The normalized spacial score (nSPS) is 49.8. The number of carbonyl (C=O) groups excluding carboxylic acids is 2. The van der Waals surface area contributed by atoms with Gasteiger partial charge in [0.05, 0.1) is 17.6 Å². The molecule has 3 saturated carbocycles. The molecule has 8 atom stereocenters. The second kappa shape index (κ2) is 4.76. The summed E-state index contributed by atoms with van der Waals surface area (Å²) >= 11 is 0. The summed E-state index contributed by atoms with van der Waals surface area (Å²) < 4.78 is 12.0.